The SMILES string of the molecule is CCCCCNC(=O)CC(=O)Nc1ccc(C#N)cc1. The average molecular weight is 273 g/mol. The van der Waals surface area contributed by atoms with Crippen LogP contribution in [0.5, 0.6) is 0 Å². The highest BCUT2D eigenvalue weighted by atomic mass is 16.2. The first-order chi connectivity index (χ1) is 9.65. The number of carbonyl (C=O) groups excluding carboxylic acids is 2. The molecule has 0 bridgehead atoms. The molecule has 0 saturated carbocycles. The van der Waals surface area contributed by atoms with E-state index in [9.17, 15) is 9.59 Å². The fourth-order valence-electron chi connectivity index (χ4n) is 1.64. The van der Waals surface area contributed by atoms with E-state index in [1.54, 1.807) is 24.3 Å². The van der Waals surface area contributed by atoms with Gasteiger partial charge in [-0.2, -0.15) is 5.26 Å². The highest BCUT2D eigenvalue weighted by molar-refractivity contribution is 6.03. The van der Waals surface area contributed by atoms with Crippen LogP contribution < -0.4 is 10.6 Å². The lowest BCUT2D eigenvalue weighted by Crippen LogP contribution is -2.28. The molecule has 0 aromatic heterocycles. The van der Waals surface area contributed by atoms with E-state index >= 15 is 0 Å². The van der Waals surface area contributed by atoms with Gasteiger partial charge in [0.1, 0.15) is 6.42 Å². The first-order valence-corrected chi connectivity index (χ1v) is 6.72. The number of benzene rings is 1. The van der Waals surface area contributed by atoms with Crippen molar-refractivity contribution in [2.75, 3.05) is 11.9 Å². The van der Waals surface area contributed by atoms with Crippen LogP contribution in [0.15, 0.2) is 24.3 Å². The molecule has 0 aliphatic rings. The Hall–Kier alpha value is -2.35. The van der Waals surface area contributed by atoms with E-state index in [2.05, 4.69) is 17.6 Å². The molecule has 1 aromatic carbocycles. The summed E-state index contributed by atoms with van der Waals surface area (Å²) in [6.07, 6.45) is 2.90. The lowest BCUT2D eigenvalue weighted by molar-refractivity contribution is -0.126. The summed E-state index contributed by atoms with van der Waals surface area (Å²) in [5.74, 6) is -0.630. The van der Waals surface area contributed by atoms with Crippen molar-refractivity contribution in [3.05, 3.63) is 29.8 Å². The average Bonchev–Trinajstić information content (AvgIpc) is 2.44. The summed E-state index contributed by atoms with van der Waals surface area (Å²) in [7, 11) is 0. The van der Waals surface area contributed by atoms with Crippen LogP contribution in [0, 0.1) is 11.3 Å². The molecular weight excluding hydrogens is 254 g/mol. The van der Waals surface area contributed by atoms with Crippen molar-refractivity contribution in [3.63, 3.8) is 0 Å². The minimum atomic E-state index is -0.359. The molecule has 0 spiro atoms. The van der Waals surface area contributed by atoms with E-state index in [1.807, 2.05) is 6.07 Å². The van der Waals surface area contributed by atoms with Gasteiger partial charge in [-0.05, 0) is 30.7 Å². The smallest absolute Gasteiger partial charge is 0.233 e. The monoisotopic (exact) mass is 273 g/mol. The van der Waals surface area contributed by atoms with Gasteiger partial charge in [0.15, 0.2) is 0 Å². The van der Waals surface area contributed by atoms with Crippen molar-refractivity contribution in [2.24, 2.45) is 0 Å². The Bertz CT molecular complexity index is 489. The second kappa shape index (κ2) is 8.70. The van der Waals surface area contributed by atoms with Crippen molar-refractivity contribution in [2.45, 2.75) is 32.6 Å². The quantitative estimate of drug-likeness (QED) is 0.590. The van der Waals surface area contributed by atoms with Crippen molar-refractivity contribution in [1.82, 2.24) is 5.32 Å². The fourth-order valence-corrected chi connectivity index (χ4v) is 1.64. The van der Waals surface area contributed by atoms with Crippen LogP contribution in [0.2, 0.25) is 0 Å². The summed E-state index contributed by atoms with van der Waals surface area (Å²) in [6, 6.07) is 8.49. The number of nitrogens with one attached hydrogen (secondary N) is 2. The summed E-state index contributed by atoms with van der Waals surface area (Å²) in [4.78, 5) is 23.1. The standard InChI is InChI=1S/C15H19N3O2/c1-2-3-4-9-17-14(19)10-15(20)18-13-7-5-12(11-16)6-8-13/h5-8H,2-4,9-10H2,1H3,(H,17,19)(H,18,20). The van der Waals surface area contributed by atoms with Crippen LogP contribution >= 0.6 is 0 Å². The van der Waals surface area contributed by atoms with Gasteiger partial charge in [0, 0.05) is 12.2 Å². The van der Waals surface area contributed by atoms with Gasteiger partial charge < -0.3 is 10.6 Å². The van der Waals surface area contributed by atoms with E-state index in [-0.39, 0.29) is 18.2 Å². The van der Waals surface area contributed by atoms with E-state index in [4.69, 9.17) is 5.26 Å². The number of nitriles is 1. The van der Waals surface area contributed by atoms with Gasteiger partial charge in [0.05, 0.1) is 11.6 Å². The Morgan fingerprint density at radius 3 is 2.45 bits per heavy atom. The number of nitrogens with zero attached hydrogens (tertiary/aromatic N) is 1. The van der Waals surface area contributed by atoms with Crippen LogP contribution in [0.1, 0.15) is 38.2 Å². The molecule has 1 aromatic rings. The number of amides is 2. The van der Waals surface area contributed by atoms with Crippen molar-refractivity contribution >= 4 is 17.5 Å². The van der Waals surface area contributed by atoms with Gasteiger partial charge in [0.25, 0.3) is 0 Å². The van der Waals surface area contributed by atoms with Gasteiger partial charge in [0.2, 0.25) is 11.8 Å². The highest BCUT2D eigenvalue weighted by Crippen LogP contribution is 2.08. The zero-order valence-electron chi connectivity index (χ0n) is 11.6. The summed E-state index contributed by atoms with van der Waals surface area (Å²) < 4.78 is 0. The van der Waals surface area contributed by atoms with Crippen molar-refractivity contribution in [1.29, 1.82) is 5.26 Å². The maximum absolute atomic E-state index is 11.6. The predicted molar refractivity (Wildman–Crippen MR) is 76.9 cm³/mol. The molecule has 0 radical (unpaired) electrons. The highest BCUT2D eigenvalue weighted by Gasteiger charge is 2.08. The summed E-state index contributed by atoms with van der Waals surface area (Å²) in [5.41, 5.74) is 1.10. The molecule has 2 amide bonds. The topological polar surface area (TPSA) is 82.0 Å². The van der Waals surface area contributed by atoms with Crippen LogP contribution in [0.4, 0.5) is 5.69 Å². The Kier molecular flexibility index (Phi) is 6.83. The summed E-state index contributed by atoms with van der Waals surface area (Å²) >= 11 is 0. The second-order valence-electron chi connectivity index (χ2n) is 4.47. The predicted octanol–water partition coefficient (Wildman–Crippen LogP) is 2.19. The molecular formula is C15H19N3O2. The Morgan fingerprint density at radius 1 is 1.15 bits per heavy atom. The van der Waals surface area contributed by atoms with E-state index in [0.717, 1.165) is 19.3 Å². The first kappa shape index (κ1) is 15.7. The van der Waals surface area contributed by atoms with Gasteiger partial charge in [-0.1, -0.05) is 19.8 Å². The van der Waals surface area contributed by atoms with Gasteiger partial charge in [-0.15, -0.1) is 0 Å². The number of rotatable bonds is 7. The molecule has 2 N–H and O–H groups in total. The molecule has 20 heavy (non-hydrogen) atoms. The van der Waals surface area contributed by atoms with Gasteiger partial charge in [-0.3, -0.25) is 9.59 Å². The molecule has 0 heterocycles. The van der Waals surface area contributed by atoms with Crippen molar-refractivity contribution in [3.8, 4) is 6.07 Å². The molecule has 0 saturated heterocycles. The van der Waals surface area contributed by atoms with E-state index in [1.165, 1.54) is 0 Å². The van der Waals surface area contributed by atoms with Crippen LogP contribution in [-0.4, -0.2) is 18.4 Å². The van der Waals surface area contributed by atoms with E-state index < -0.39 is 0 Å². The normalized spacial score (nSPS) is 9.60. The minimum Gasteiger partial charge on any atom is -0.356 e. The Morgan fingerprint density at radius 2 is 1.85 bits per heavy atom. The minimum absolute atomic E-state index is 0.188. The molecule has 0 fully saturated rings. The first-order valence-electron chi connectivity index (χ1n) is 6.72. The molecule has 0 unspecified atom stereocenters. The molecule has 5 nitrogen and oxygen atoms in total. The largest absolute Gasteiger partial charge is 0.356 e. The number of anilines is 1. The zero-order valence-corrected chi connectivity index (χ0v) is 11.6. The molecule has 5 heteroatoms. The van der Waals surface area contributed by atoms with Crippen LogP contribution in [0.3, 0.4) is 0 Å². The van der Waals surface area contributed by atoms with Crippen LogP contribution in [0.25, 0.3) is 0 Å². The molecule has 0 atom stereocenters. The molecule has 1 rings (SSSR count). The lowest BCUT2D eigenvalue weighted by atomic mass is 10.2. The number of hydrogen-bond donors (Lipinski definition) is 2. The zero-order chi connectivity index (χ0) is 14.8. The third-order valence-electron chi connectivity index (χ3n) is 2.72. The lowest BCUT2D eigenvalue weighted by Gasteiger charge is -2.06. The Balaban J connectivity index is 2.31. The number of unbranched alkanes of at least 4 members (excludes halogenated alkanes) is 2. The van der Waals surface area contributed by atoms with Crippen molar-refractivity contribution < 1.29 is 9.59 Å². The fraction of sp³-hybridized carbons (Fsp3) is 0.400. The van der Waals surface area contributed by atoms with E-state index in [0.29, 0.717) is 17.8 Å². The van der Waals surface area contributed by atoms with Crippen LogP contribution in [-0.2, 0) is 9.59 Å². The summed E-state index contributed by atoms with van der Waals surface area (Å²) in [6.45, 7) is 2.70. The summed E-state index contributed by atoms with van der Waals surface area (Å²) in [5, 5.41) is 14.0. The maximum Gasteiger partial charge on any atom is 0.233 e. The molecule has 106 valence electrons. The molecule has 0 aliphatic heterocycles. The third kappa shape index (κ3) is 6.01. The maximum atomic E-state index is 11.6. The number of hydrogen-bond acceptors (Lipinski definition) is 3. The molecule has 0 aliphatic carbocycles. The van der Waals surface area contributed by atoms with Gasteiger partial charge in [-0.25, -0.2) is 0 Å². The van der Waals surface area contributed by atoms with Gasteiger partial charge >= 0.3 is 0 Å². The Labute approximate surface area is 119 Å². The second-order valence-corrected chi connectivity index (χ2v) is 4.47. The third-order valence-corrected chi connectivity index (χ3v) is 2.72. The number of carbonyl (C=O) groups is 2.